The molecule has 0 aromatic heterocycles. The van der Waals surface area contributed by atoms with E-state index in [4.69, 9.17) is 4.99 Å². The number of hydrogen-bond donors (Lipinski definition) is 0. The Balaban J connectivity index is 1.45. The number of anilines is 1. The zero-order valence-electron chi connectivity index (χ0n) is 18.5. The number of fused-ring (bicyclic) bond motifs is 3. The summed E-state index contributed by atoms with van der Waals surface area (Å²) in [5.41, 5.74) is 2.05. The van der Waals surface area contributed by atoms with E-state index in [0.29, 0.717) is 35.2 Å². The first-order valence-electron chi connectivity index (χ1n) is 11.3. The minimum absolute atomic E-state index is 0.0817. The summed E-state index contributed by atoms with van der Waals surface area (Å²) < 4.78 is 30.0. The number of carbonyl (C=O) groups excluding carboxylic acids is 1. The maximum atomic E-state index is 13.4. The Morgan fingerprint density at radius 1 is 1.09 bits per heavy atom. The highest BCUT2D eigenvalue weighted by atomic mass is 32.2. The maximum absolute atomic E-state index is 13.4. The summed E-state index contributed by atoms with van der Waals surface area (Å²) in [6.45, 7) is 3.29. The van der Waals surface area contributed by atoms with Crippen molar-refractivity contribution >= 4 is 44.4 Å². The first-order chi connectivity index (χ1) is 15.9. The molecule has 2 aromatic rings. The zero-order chi connectivity index (χ0) is 23.0. The van der Waals surface area contributed by atoms with E-state index < -0.39 is 10.0 Å². The van der Waals surface area contributed by atoms with Crippen molar-refractivity contribution in [2.24, 2.45) is 9.39 Å². The average molecular weight is 483 g/mol. The highest BCUT2D eigenvalue weighted by Crippen LogP contribution is 2.35. The monoisotopic (exact) mass is 482 g/mol. The average Bonchev–Trinajstić information content (AvgIpc) is 3.15. The lowest BCUT2D eigenvalue weighted by Gasteiger charge is -2.30. The first kappa shape index (κ1) is 22.2. The molecule has 1 atom stereocenters. The molecule has 5 rings (SSSR count). The van der Waals surface area contributed by atoms with Crippen LogP contribution in [0.15, 0.2) is 62.8 Å². The van der Waals surface area contributed by atoms with Crippen LogP contribution < -0.4 is 4.90 Å². The molecule has 3 aliphatic rings. The van der Waals surface area contributed by atoms with Gasteiger partial charge >= 0.3 is 0 Å². The molecule has 33 heavy (non-hydrogen) atoms. The fraction of sp³-hybridized carbons (Fsp3) is 0.375. The van der Waals surface area contributed by atoms with Crippen molar-refractivity contribution in [1.82, 2.24) is 4.90 Å². The van der Waals surface area contributed by atoms with Crippen molar-refractivity contribution in [2.45, 2.75) is 43.5 Å². The van der Waals surface area contributed by atoms with Crippen LogP contribution in [0.3, 0.4) is 0 Å². The number of rotatable bonds is 3. The highest BCUT2D eigenvalue weighted by molar-refractivity contribution is 8.14. The third kappa shape index (κ3) is 4.31. The van der Waals surface area contributed by atoms with Crippen LogP contribution >= 0.6 is 11.8 Å². The molecule has 0 saturated carbocycles. The second-order valence-electron chi connectivity index (χ2n) is 8.43. The standard InChI is InChI=1S/C24H26N4O3S2/c1-17(18-8-4-2-5-9-18)25-24-28(14-15-32-24)23(29)19-11-12-20-21(16-19)33(30,31)26-22-10-6-3-7-13-27(20)22/h2,4-5,8-9,11-12,16-17H,3,6-7,10,13-15H2,1H3/t17-/m1/s1. The van der Waals surface area contributed by atoms with Gasteiger partial charge in [-0.1, -0.05) is 48.5 Å². The summed E-state index contributed by atoms with van der Waals surface area (Å²) in [5.74, 6) is 1.14. The van der Waals surface area contributed by atoms with Gasteiger partial charge in [-0.25, -0.2) is 0 Å². The van der Waals surface area contributed by atoms with Gasteiger partial charge in [0, 0.05) is 30.8 Å². The van der Waals surface area contributed by atoms with Gasteiger partial charge in [-0.05, 0) is 43.5 Å². The van der Waals surface area contributed by atoms with Gasteiger partial charge in [-0.15, -0.1) is 4.40 Å². The van der Waals surface area contributed by atoms with E-state index >= 15 is 0 Å². The molecule has 3 aliphatic heterocycles. The molecule has 0 N–H and O–H groups in total. The van der Waals surface area contributed by atoms with Gasteiger partial charge in [0.25, 0.3) is 15.9 Å². The van der Waals surface area contributed by atoms with Gasteiger partial charge in [-0.2, -0.15) is 8.42 Å². The van der Waals surface area contributed by atoms with Crippen LogP contribution in [-0.4, -0.2) is 49.1 Å². The largest absolute Gasteiger partial charge is 0.328 e. The molecule has 9 heteroatoms. The van der Waals surface area contributed by atoms with Crippen LogP contribution in [0.4, 0.5) is 5.69 Å². The third-order valence-corrected chi connectivity index (χ3v) is 8.51. The number of hydrogen-bond acceptors (Lipinski definition) is 6. The molecule has 2 saturated heterocycles. The van der Waals surface area contributed by atoms with E-state index in [1.54, 1.807) is 28.8 Å². The van der Waals surface area contributed by atoms with Gasteiger partial charge in [-0.3, -0.25) is 14.7 Å². The van der Waals surface area contributed by atoms with Crippen LogP contribution in [0.5, 0.6) is 0 Å². The van der Waals surface area contributed by atoms with Crippen molar-refractivity contribution in [3.63, 3.8) is 0 Å². The smallest absolute Gasteiger partial charge is 0.286 e. The number of amides is 1. The molecule has 0 bridgehead atoms. The predicted molar refractivity (Wildman–Crippen MR) is 133 cm³/mol. The van der Waals surface area contributed by atoms with E-state index in [-0.39, 0.29) is 16.8 Å². The summed E-state index contributed by atoms with van der Waals surface area (Å²) in [7, 11) is -3.84. The number of benzene rings is 2. The first-order valence-corrected chi connectivity index (χ1v) is 13.7. The fourth-order valence-corrected chi connectivity index (χ4v) is 6.74. The lowest BCUT2D eigenvalue weighted by atomic mass is 10.1. The Bertz CT molecular complexity index is 1240. The summed E-state index contributed by atoms with van der Waals surface area (Å²) in [6, 6.07) is 14.8. The maximum Gasteiger partial charge on any atom is 0.286 e. The normalized spacial score (nSPS) is 21.7. The van der Waals surface area contributed by atoms with Crippen LogP contribution in [0, 0.1) is 0 Å². The van der Waals surface area contributed by atoms with Crippen molar-refractivity contribution in [3.8, 4) is 0 Å². The van der Waals surface area contributed by atoms with E-state index in [2.05, 4.69) is 4.40 Å². The van der Waals surface area contributed by atoms with E-state index in [0.717, 1.165) is 37.1 Å². The van der Waals surface area contributed by atoms with Crippen molar-refractivity contribution in [2.75, 3.05) is 23.7 Å². The minimum atomic E-state index is -3.84. The summed E-state index contributed by atoms with van der Waals surface area (Å²) >= 11 is 1.55. The Kier molecular flexibility index (Phi) is 6.01. The van der Waals surface area contributed by atoms with E-state index in [9.17, 15) is 13.2 Å². The number of aliphatic imine (C=N–C) groups is 1. The fourth-order valence-electron chi connectivity index (χ4n) is 4.44. The minimum Gasteiger partial charge on any atom is -0.328 e. The molecule has 0 unspecified atom stereocenters. The SMILES string of the molecule is C[C@@H](N=C1SCCN1C(=O)c1ccc2c(c1)S(=O)(=O)N=C1CCCCCN12)c1ccccc1. The summed E-state index contributed by atoms with van der Waals surface area (Å²) in [6.07, 6.45) is 3.64. The molecule has 2 fully saturated rings. The van der Waals surface area contributed by atoms with Gasteiger partial charge in [0.15, 0.2) is 5.17 Å². The molecule has 3 heterocycles. The van der Waals surface area contributed by atoms with Crippen molar-refractivity contribution in [3.05, 3.63) is 59.7 Å². The number of thioether (sulfide) groups is 1. The van der Waals surface area contributed by atoms with E-state index in [1.165, 1.54) is 6.07 Å². The molecule has 0 aliphatic carbocycles. The molecule has 172 valence electrons. The number of nitrogens with zero attached hydrogens (tertiary/aromatic N) is 4. The van der Waals surface area contributed by atoms with Gasteiger partial charge in [0.2, 0.25) is 0 Å². The third-order valence-electron chi connectivity index (χ3n) is 6.20. The lowest BCUT2D eigenvalue weighted by molar-refractivity contribution is 0.0859. The van der Waals surface area contributed by atoms with Gasteiger partial charge in [0.05, 0.1) is 11.7 Å². The van der Waals surface area contributed by atoms with Crippen LogP contribution in [0.1, 0.15) is 54.6 Å². The molecular weight excluding hydrogens is 456 g/mol. The Hall–Kier alpha value is -2.65. The van der Waals surface area contributed by atoms with Crippen LogP contribution in [-0.2, 0) is 10.0 Å². The predicted octanol–water partition coefficient (Wildman–Crippen LogP) is 4.47. The number of amidine groups is 2. The molecule has 2 aromatic carbocycles. The second-order valence-corrected chi connectivity index (χ2v) is 11.1. The van der Waals surface area contributed by atoms with Gasteiger partial charge < -0.3 is 4.90 Å². The molecule has 0 radical (unpaired) electrons. The lowest BCUT2D eigenvalue weighted by Crippen LogP contribution is -2.36. The Labute approximate surface area is 198 Å². The topological polar surface area (TPSA) is 82.4 Å². The van der Waals surface area contributed by atoms with Gasteiger partial charge in [0.1, 0.15) is 10.7 Å². The van der Waals surface area contributed by atoms with Crippen molar-refractivity contribution in [1.29, 1.82) is 0 Å². The number of sulfonamides is 1. The summed E-state index contributed by atoms with van der Waals surface area (Å²) in [5, 5.41) is 0.671. The second kappa shape index (κ2) is 8.95. The molecular formula is C24H26N4O3S2. The van der Waals surface area contributed by atoms with Crippen molar-refractivity contribution < 1.29 is 13.2 Å². The number of carbonyl (C=O) groups is 1. The van der Waals surface area contributed by atoms with E-state index in [1.807, 2.05) is 42.2 Å². The van der Waals surface area contributed by atoms with Crippen LogP contribution in [0.25, 0.3) is 0 Å². The highest BCUT2D eigenvalue weighted by Gasteiger charge is 2.34. The Morgan fingerprint density at radius 3 is 2.73 bits per heavy atom. The Morgan fingerprint density at radius 2 is 1.91 bits per heavy atom. The molecule has 7 nitrogen and oxygen atoms in total. The molecule has 1 amide bonds. The quantitative estimate of drug-likeness (QED) is 0.644. The zero-order valence-corrected chi connectivity index (χ0v) is 20.1. The summed E-state index contributed by atoms with van der Waals surface area (Å²) in [4.78, 5) is 22.0. The molecule has 0 spiro atoms. The van der Waals surface area contributed by atoms with Crippen LogP contribution in [0.2, 0.25) is 0 Å².